The van der Waals surface area contributed by atoms with Crippen molar-refractivity contribution in [3.05, 3.63) is 59.8 Å². The van der Waals surface area contributed by atoms with Gasteiger partial charge in [0.15, 0.2) is 11.5 Å². The van der Waals surface area contributed by atoms with E-state index in [1.54, 1.807) is 12.4 Å². The molecule has 0 spiro atoms. The number of fused-ring (bicyclic) bond motifs is 1. The van der Waals surface area contributed by atoms with Crippen molar-refractivity contribution in [1.29, 1.82) is 0 Å². The molecule has 0 bridgehead atoms. The van der Waals surface area contributed by atoms with E-state index in [0.717, 1.165) is 49.0 Å². The van der Waals surface area contributed by atoms with Crippen LogP contribution in [0, 0.1) is 5.92 Å². The normalized spacial score (nSPS) is 16.6. The minimum Gasteiger partial charge on any atom is -0.475 e. The molecule has 1 saturated heterocycles. The van der Waals surface area contributed by atoms with E-state index < -0.39 is 36.4 Å². The molecule has 1 aliphatic carbocycles. The van der Waals surface area contributed by atoms with Crippen LogP contribution < -0.4 is 5.32 Å². The fraction of sp³-hybridized carbons (Fsp3) is 0.516. The zero-order valence-corrected chi connectivity index (χ0v) is 28.5. The number of carboxylic acid groups (broad SMARTS) is 3. The van der Waals surface area contributed by atoms with Crippen LogP contribution in [0.1, 0.15) is 54.5 Å². The van der Waals surface area contributed by atoms with Gasteiger partial charge in [-0.05, 0) is 68.9 Å². The highest BCUT2D eigenvalue weighted by Crippen LogP contribution is 2.33. The van der Waals surface area contributed by atoms with Crippen LogP contribution >= 0.6 is 0 Å². The van der Waals surface area contributed by atoms with Gasteiger partial charge in [0.1, 0.15) is 0 Å². The second-order valence-corrected chi connectivity index (χ2v) is 12.0. The Hall–Kier alpha value is -5.06. The highest BCUT2D eigenvalue weighted by Gasteiger charge is 2.40. The quantitative estimate of drug-likeness (QED) is 0.235. The summed E-state index contributed by atoms with van der Waals surface area (Å²) in [5.74, 6) is -6.56. The first-order valence-electron chi connectivity index (χ1n) is 15.8. The molecule has 0 aromatic carbocycles. The number of amides is 1. The van der Waals surface area contributed by atoms with Crippen LogP contribution in [-0.4, -0.2) is 126 Å². The monoisotopic (exact) mass is 789 g/mol. The Kier molecular flexibility index (Phi) is 16.1. The van der Waals surface area contributed by atoms with Gasteiger partial charge in [-0.1, -0.05) is 0 Å². The highest BCUT2D eigenvalue weighted by molar-refractivity contribution is 5.94. The van der Waals surface area contributed by atoms with E-state index in [9.17, 15) is 44.3 Å². The van der Waals surface area contributed by atoms with Gasteiger partial charge in [0, 0.05) is 57.4 Å². The fourth-order valence-electron chi connectivity index (χ4n) is 4.77. The number of aromatic nitrogens is 4. The lowest BCUT2D eigenvalue weighted by molar-refractivity contribution is -0.193. The zero-order chi connectivity index (χ0) is 41.0. The number of carbonyl (C=O) groups is 4. The predicted molar refractivity (Wildman–Crippen MR) is 168 cm³/mol. The fourth-order valence-corrected chi connectivity index (χ4v) is 4.77. The molecule has 1 saturated carbocycles. The number of carbonyl (C=O) groups excluding carboxylic acids is 1. The molecule has 1 unspecified atom stereocenters. The molecule has 0 radical (unpaired) electrons. The Morgan fingerprint density at radius 2 is 1.33 bits per heavy atom. The molecule has 54 heavy (non-hydrogen) atoms. The molecule has 5 rings (SSSR count). The Morgan fingerprint density at radius 1 is 0.815 bits per heavy atom. The molecule has 4 heterocycles. The van der Waals surface area contributed by atoms with Gasteiger partial charge in [-0.2, -0.15) is 39.5 Å². The van der Waals surface area contributed by atoms with Crippen LogP contribution in [0.5, 0.6) is 0 Å². The van der Waals surface area contributed by atoms with Gasteiger partial charge < -0.3 is 20.6 Å². The van der Waals surface area contributed by atoms with Gasteiger partial charge in [0.05, 0.1) is 11.6 Å². The van der Waals surface area contributed by atoms with E-state index in [-0.39, 0.29) is 11.9 Å². The predicted octanol–water partition coefficient (Wildman–Crippen LogP) is 4.47. The standard InChI is InChI=1S/C25H33N7O.3C2HF3O2/c1-18(2)31-14-13-30(15-20-3-4-20)17-22(31)24-29-28-23-6-5-21(16-32(23)24)25(33)27-12-9-19-7-10-26-11-8-19;3*3-2(4,5)1(6)7/h5-8,10-11,16,18,20,22H,3-4,9,12-15,17H2,1-2H3,(H,27,33);3*(H,6,7). The molecular weight excluding hydrogens is 753 g/mol. The van der Waals surface area contributed by atoms with E-state index in [1.165, 1.54) is 19.4 Å². The number of aliphatic carboxylic acids is 3. The van der Waals surface area contributed by atoms with Gasteiger partial charge >= 0.3 is 36.4 Å². The van der Waals surface area contributed by atoms with E-state index >= 15 is 0 Å². The molecule has 3 aromatic rings. The number of nitrogens with one attached hydrogen (secondary N) is 1. The Balaban J connectivity index is 0.000000393. The first-order valence-corrected chi connectivity index (χ1v) is 15.8. The number of hydrogen-bond donors (Lipinski definition) is 4. The number of nitrogens with zero attached hydrogens (tertiary/aromatic N) is 6. The van der Waals surface area contributed by atoms with Crippen molar-refractivity contribution in [2.75, 3.05) is 32.7 Å². The lowest BCUT2D eigenvalue weighted by Gasteiger charge is -2.42. The van der Waals surface area contributed by atoms with E-state index in [2.05, 4.69) is 44.1 Å². The van der Waals surface area contributed by atoms with Crippen molar-refractivity contribution >= 4 is 29.5 Å². The topological polar surface area (TPSA) is 191 Å². The minimum atomic E-state index is -5.08. The zero-order valence-electron chi connectivity index (χ0n) is 28.5. The molecule has 1 aliphatic heterocycles. The second-order valence-electron chi connectivity index (χ2n) is 12.0. The van der Waals surface area contributed by atoms with Crippen molar-refractivity contribution < 1.29 is 74.0 Å². The molecule has 300 valence electrons. The van der Waals surface area contributed by atoms with Crippen LogP contribution in [0.25, 0.3) is 5.65 Å². The van der Waals surface area contributed by atoms with Crippen LogP contribution in [0.2, 0.25) is 0 Å². The first-order chi connectivity index (χ1) is 24.9. The molecule has 2 fully saturated rings. The second kappa shape index (κ2) is 19.3. The number of hydrogen-bond acceptors (Lipinski definition) is 9. The summed E-state index contributed by atoms with van der Waals surface area (Å²) in [5.41, 5.74) is 2.56. The summed E-state index contributed by atoms with van der Waals surface area (Å²) in [6.45, 7) is 9.34. The lowest BCUT2D eigenvalue weighted by atomic mass is 10.1. The molecule has 1 atom stereocenters. The Labute approximate surface area is 300 Å². The van der Waals surface area contributed by atoms with Gasteiger partial charge in [0.25, 0.3) is 5.91 Å². The number of halogens is 9. The van der Waals surface area contributed by atoms with Crippen LogP contribution in [0.15, 0.2) is 42.9 Å². The average Bonchev–Trinajstić information content (AvgIpc) is 3.79. The Bertz CT molecular complexity index is 1640. The number of carboxylic acids is 3. The van der Waals surface area contributed by atoms with Crippen LogP contribution in [0.3, 0.4) is 0 Å². The number of pyridine rings is 2. The van der Waals surface area contributed by atoms with Gasteiger partial charge in [-0.25, -0.2) is 14.4 Å². The molecule has 4 N–H and O–H groups in total. The summed E-state index contributed by atoms with van der Waals surface area (Å²) >= 11 is 0. The summed E-state index contributed by atoms with van der Waals surface area (Å²) in [6, 6.07) is 8.24. The van der Waals surface area contributed by atoms with Crippen LogP contribution in [-0.2, 0) is 20.8 Å². The molecule has 3 aromatic heterocycles. The smallest absolute Gasteiger partial charge is 0.475 e. The summed E-state index contributed by atoms with van der Waals surface area (Å²) in [6.07, 6.45) is -6.31. The molecule has 2 aliphatic rings. The number of piperazine rings is 1. The largest absolute Gasteiger partial charge is 0.490 e. The molecular formula is C31H36F9N7O7. The summed E-state index contributed by atoms with van der Waals surface area (Å²) < 4.78 is 97.2. The van der Waals surface area contributed by atoms with Crippen molar-refractivity contribution in [3.8, 4) is 0 Å². The first kappa shape index (κ1) is 45.1. The maximum atomic E-state index is 12.8. The van der Waals surface area contributed by atoms with Crippen molar-refractivity contribution in [2.45, 2.75) is 63.7 Å². The summed E-state index contributed by atoms with van der Waals surface area (Å²) in [4.78, 5) is 48.7. The van der Waals surface area contributed by atoms with Crippen molar-refractivity contribution in [1.82, 2.24) is 34.7 Å². The number of alkyl halides is 9. The van der Waals surface area contributed by atoms with Crippen molar-refractivity contribution in [2.24, 2.45) is 5.92 Å². The third-order valence-electron chi connectivity index (χ3n) is 7.55. The molecule has 1 amide bonds. The van der Waals surface area contributed by atoms with Gasteiger partial charge in [-0.15, -0.1) is 10.2 Å². The third kappa shape index (κ3) is 15.1. The van der Waals surface area contributed by atoms with E-state index in [1.807, 2.05) is 34.9 Å². The molecule has 14 nitrogen and oxygen atoms in total. The molecule has 23 heteroatoms. The SMILES string of the molecule is CC(C)N1CCN(CC2CC2)CC1c1nnc2ccc(C(=O)NCCc3ccncc3)cn12.O=C(O)C(F)(F)F.O=C(O)C(F)(F)F.O=C(O)C(F)(F)F. The van der Waals surface area contributed by atoms with E-state index in [0.29, 0.717) is 18.2 Å². The summed E-state index contributed by atoms with van der Waals surface area (Å²) in [5, 5.41) is 33.4. The van der Waals surface area contributed by atoms with Crippen LogP contribution in [0.4, 0.5) is 39.5 Å². The average molecular weight is 790 g/mol. The summed E-state index contributed by atoms with van der Waals surface area (Å²) in [7, 11) is 0. The maximum Gasteiger partial charge on any atom is 0.490 e. The third-order valence-corrected chi connectivity index (χ3v) is 7.55. The van der Waals surface area contributed by atoms with Crippen molar-refractivity contribution in [3.63, 3.8) is 0 Å². The minimum absolute atomic E-state index is 0.0784. The van der Waals surface area contributed by atoms with E-state index in [4.69, 9.17) is 29.7 Å². The highest BCUT2D eigenvalue weighted by atomic mass is 19.4. The maximum absolute atomic E-state index is 12.8. The number of rotatable bonds is 8. The lowest BCUT2D eigenvalue weighted by Crippen LogP contribution is -2.51. The van der Waals surface area contributed by atoms with Gasteiger partial charge in [-0.3, -0.25) is 24.0 Å². The van der Waals surface area contributed by atoms with Gasteiger partial charge in [0.2, 0.25) is 0 Å². The Morgan fingerprint density at radius 3 is 1.80 bits per heavy atom.